The van der Waals surface area contributed by atoms with E-state index >= 15 is 0 Å². The molecule has 3 aromatic rings. The van der Waals surface area contributed by atoms with Crippen LogP contribution in [0.5, 0.6) is 5.75 Å². The highest BCUT2D eigenvalue weighted by molar-refractivity contribution is 6.31. The van der Waals surface area contributed by atoms with E-state index in [1.54, 1.807) is 36.5 Å². The molecule has 0 radical (unpaired) electrons. The first-order chi connectivity index (χ1) is 28.1. The van der Waals surface area contributed by atoms with Crippen molar-refractivity contribution in [2.24, 2.45) is 16.7 Å². The number of hydrogen-bond acceptors (Lipinski definition) is 10. The molecular formula is C45H44ClN7O6. The Morgan fingerprint density at radius 3 is 2.32 bits per heavy atom. The number of benzene rings is 2. The quantitative estimate of drug-likeness (QED) is 0.271. The monoisotopic (exact) mass is 813 g/mol. The molecule has 6 heterocycles. The molecule has 302 valence electrons. The number of imide groups is 2. The summed E-state index contributed by atoms with van der Waals surface area (Å²) in [5, 5.41) is 11.8. The molecule has 2 aromatic carbocycles. The van der Waals surface area contributed by atoms with Crippen molar-refractivity contribution in [2.75, 3.05) is 31.1 Å². The number of rotatable bonds is 6. The topological polar surface area (TPSA) is 156 Å². The summed E-state index contributed by atoms with van der Waals surface area (Å²) in [6.07, 6.45) is 3.62. The molecule has 3 saturated heterocycles. The number of hydrogen-bond donors (Lipinski definition) is 1. The van der Waals surface area contributed by atoms with Gasteiger partial charge in [-0.1, -0.05) is 51.1 Å². The molecule has 1 atom stereocenters. The highest BCUT2D eigenvalue weighted by Gasteiger charge is 2.67. The first-order valence-electron chi connectivity index (χ1n) is 20.2. The van der Waals surface area contributed by atoms with Crippen LogP contribution < -0.4 is 15.0 Å². The fourth-order valence-electron chi connectivity index (χ4n) is 10.6. The number of anilines is 1. The number of likely N-dealkylation sites (tertiary alicyclic amines) is 1. The second-order valence-corrected chi connectivity index (χ2v) is 18.2. The summed E-state index contributed by atoms with van der Waals surface area (Å²) in [7, 11) is 0. The molecular weight excluding hydrogens is 770 g/mol. The van der Waals surface area contributed by atoms with Crippen LogP contribution in [0.15, 0.2) is 48.7 Å². The Kier molecular flexibility index (Phi) is 9.33. The van der Waals surface area contributed by atoms with Gasteiger partial charge in [0.25, 0.3) is 17.7 Å². The summed E-state index contributed by atoms with van der Waals surface area (Å²) in [6.45, 7) is 12.4. The second kappa shape index (κ2) is 14.2. The van der Waals surface area contributed by atoms with Crippen LogP contribution in [0.1, 0.15) is 101 Å². The molecule has 4 fully saturated rings. The first kappa shape index (κ1) is 38.7. The molecule has 5 amide bonds. The van der Waals surface area contributed by atoms with Crippen LogP contribution in [0.25, 0.3) is 0 Å². The second-order valence-electron chi connectivity index (χ2n) is 17.8. The zero-order valence-corrected chi connectivity index (χ0v) is 34.1. The summed E-state index contributed by atoms with van der Waals surface area (Å²) in [5.74, 6) is 5.59. The molecule has 0 bridgehead atoms. The minimum absolute atomic E-state index is 0.0800. The largest absolute Gasteiger partial charge is 0.489 e. The van der Waals surface area contributed by atoms with Crippen LogP contribution in [0.4, 0.5) is 5.69 Å². The summed E-state index contributed by atoms with van der Waals surface area (Å²) in [6, 6.07) is 13.7. The van der Waals surface area contributed by atoms with Crippen molar-refractivity contribution < 1.29 is 28.7 Å². The van der Waals surface area contributed by atoms with Crippen LogP contribution >= 0.6 is 11.6 Å². The van der Waals surface area contributed by atoms with Gasteiger partial charge in [-0.05, 0) is 68.8 Å². The van der Waals surface area contributed by atoms with Crippen molar-refractivity contribution in [3.05, 3.63) is 87.2 Å². The first-order valence-corrected chi connectivity index (χ1v) is 20.6. The summed E-state index contributed by atoms with van der Waals surface area (Å²) >= 11 is 6.28. The summed E-state index contributed by atoms with van der Waals surface area (Å²) in [4.78, 5) is 76.4. The fourth-order valence-corrected chi connectivity index (χ4v) is 10.9. The van der Waals surface area contributed by atoms with Crippen molar-refractivity contribution in [1.82, 2.24) is 25.0 Å². The van der Waals surface area contributed by atoms with Crippen LogP contribution in [0.3, 0.4) is 0 Å². The number of halogens is 1. The molecule has 1 N–H and O–H groups in total. The number of pyridine rings is 1. The predicted molar refractivity (Wildman–Crippen MR) is 216 cm³/mol. The third-order valence-corrected chi connectivity index (χ3v) is 13.6. The smallest absolute Gasteiger partial charge is 0.273 e. The van der Waals surface area contributed by atoms with E-state index in [2.05, 4.69) is 65.7 Å². The van der Waals surface area contributed by atoms with E-state index in [4.69, 9.17) is 16.3 Å². The number of ether oxygens (including phenoxy) is 1. The lowest BCUT2D eigenvalue weighted by Crippen LogP contribution is -2.74. The average Bonchev–Trinajstić information content (AvgIpc) is 3.62. The van der Waals surface area contributed by atoms with Gasteiger partial charge < -0.3 is 14.5 Å². The summed E-state index contributed by atoms with van der Waals surface area (Å²) in [5.41, 5.74) is 3.25. The number of nitriles is 1. The molecule has 6 aliphatic rings. The van der Waals surface area contributed by atoms with Gasteiger partial charge in [0.2, 0.25) is 11.8 Å². The normalized spacial score (nSPS) is 25.1. The standard InChI is InChI=1S/C45H44ClN7O6/c1-44(2)42(45(3,4)43(44)59-31-9-7-27(20-47)34(46)19-31)52-22-28-17-26(21-48-37(28)41(52)58)6-5-25-13-15-50(16-14-25)30-23-51(24-30)29-8-10-32-33(18-29)40(57)53(39(32)56)35-11-12-36(54)49-38(35)55/h7-10,17-19,21,25,30,35,42-43H,11-16,22-24H2,1-4H3,(H,49,54,55). The predicted octanol–water partition coefficient (Wildman–Crippen LogP) is 4.80. The number of piperidine rings is 2. The molecule has 59 heavy (non-hydrogen) atoms. The van der Waals surface area contributed by atoms with Gasteiger partial charge in [-0.15, -0.1) is 0 Å². The van der Waals surface area contributed by atoms with Gasteiger partial charge >= 0.3 is 0 Å². The molecule has 1 saturated carbocycles. The maximum atomic E-state index is 13.8. The van der Waals surface area contributed by atoms with Crippen molar-refractivity contribution in [3.63, 3.8) is 0 Å². The Morgan fingerprint density at radius 1 is 0.898 bits per heavy atom. The van der Waals surface area contributed by atoms with Crippen molar-refractivity contribution >= 4 is 46.8 Å². The van der Waals surface area contributed by atoms with Crippen molar-refractivity contribution in [2.45, 2.75) is 84.2 Å². The molecule has 1 aliphatic carbocycles. The third kappa shape index (κ3) is 6.43. The minimum atomic E-state index is -0.982. The van der Waals surface area contributed by atoms with Gasteiger partial charge in [-0.3, -0.25) is 39.1 Å². The Labute approximate surface area is 347 Å². The van der Waals surface area contributed by atoms with Gasteiger partial charge in [0.15, 0.2) is 0 Å². The maximum absolute atomic E-state index is 13.8. The van der Waals surface area contributed by atoms with E-state index in [-0.39, 0.29) is 53.2 Å². The lowest BCUT2D eigenvalue weighted by atomic mass is 9.49. The third-order valence-electron chi connectivity index (χ3n) is 13.3. The maximum Gasteiger partial charge on any atom is 0.273 e. The van der Waals surface area contributed by atoms with Gasteiger partial charge in [0.1, 0.15) is 29.7 Å². The van der Waals surface area contributed by atoms with E-state index in [9.17, 15) is 29.2 Å². The van der Waals surface area contributed by atoms with Crippen LogP contribution in [-0.2, 0) is 16.1 Å². The molecule has 1 unspecified atom stereocenters. The molecule has 5 aliphatic heterocycles. The number of aromatic nitrogens is 1. The van der Waals surface area contributed by atoms with Crippen molar-refractivity contribution in [1.29, 1.82) is 5.26 Å². The highest BCUT2D eigenvalue weighted by atomic mass is 35.5. The Morgan fingerprint density at radius 2 is 1.63 bits per heavy atom. The van der Waals surface area contributed by atoms with E-state index in [0.717, 1.165) is 60.7 Å². The zero-order chi connectivity index (χ0) is 41.5. The van der Waals surface area contributed by atoms with E-state index < -0.39 is 29.7 Å². The zero-order valence-electron chi connectivity index (χ0n) is 33.4. The van der Waals surface area contributed by atoms with Gasteiger partial charge in [0.05, 0.1) is 21.7 Å². The number of carbonyl (C=O) groups is 5. The lowest BCUT2D eigenvalue weighted by molar-refractivity contribution is -0.199. The van der Waals surface area contributed by atoms with Gasteiger partial charge in [-0.25, -0.2) is 4.98 Å². The highest BCUT2D eigenvalue weighted by Crippen LogP contribution is 2.59. The van der Waals surface area contributed by atoms with Crippen LogP contribution in [0.2, 0.25) is 5.02 Å². The number of amides is 5. The molecule has 1 aromatic heterocycles. The molecule has 0 spiro atoms. The van der Waals surface area contributed by atoms with E-state index in [0.29, 0.717) is 40.2 Å². The molecule has 13 nitrogen and oxygen atoms in total. The van der Waals surface area contributed by atoms with Gasteiger partial charge in [-0.2, -0.15) is 5.26 Å². The average molecular weight is 814 g/mol. The van der Waals surface area contributed by atoms with Gasteiger partial charge in [0, 0.05) is 84.0 Å². The number of carbonyl (C=O) groups excluding carboxylic acids is 5. The number of nitrogens with zero attached hydrogens (tertiary/aromatic N) is 6. The minimum Gasteiger partial charge on any atom is -0.489 e. The Balaban J connectivity index is 0.777. The SMILES string of the molecule is CC1(C)C(Oc2ccc(C#N)c(Cl)c2)C(C)(C)C1N1Cc2cc(C#CC3CCN(C4CN(c5ccc6c(c5)C(=O)N(C5CCC(=O)NC5=O)C6=O)C4)CC3)cnc2C1=O. The van der Waals surface area contributed by atoms with E-state index in [1.165, 1.54) is 0 Å². The van der Waals surface area contributed by atoms with Crippen molar-refractivity contribution in [3.8, 4) is 23.7 Å². The van der Waals surface area contributed by atoms with Crippen LogP contribution in [0, 0.1) is 39.9 Å². The number of fused-ring (bicyclic) bond motifs is 2. The Hall–Kier alpha value is -5.76. The Bertz CT molecular complexity index is 2440. The number of nitrogens with one attached hydrogen (secondary N) is 1. The fraction of sp³-hybridized carbons (Fsp3) is 0.444. The molecule has 9 rings (SSSR count). The lowest BCUT2D eigenvalue weighted by Gasteiger charge is -2.65. The van der Waals surface area contributed by atoms with Crippen LogP contribution in [-0.4, -0.2) is 99.6 Å². The molecule has 14 heteroatoms. The summed E-state index contributed by atoms with van der Waals surface area (Å²) < 4.78 is 6.46. The van der Waals surface area contributed by atoms with E-state index in [1.807, 2.05) is 17.0 Å².